The van der Waals surface area contributed by atoms with Crippen molar-refractivity contribution in [2.75, 3.05) is 24.2 Å². The minimum absolute atomic E-state index is 0.0283. The SMILES string of the molecule is CC[C@@H](C)NC(=O)[C@@H](Cc1ccccc1)N(Cc1cccc(OC)c1)C(=O)CN(c1ccccc1C(C)C)S(C)(=O)=O. The molecule has 2 amide bonds. The van der Waals surface area contributed by atoms with E-state index in [0.717, 1.165) is 33.7 Å². The van der Waals surface area contributed by atoms with E-state index in [-0.39, 0.29) is 30.8 Å². The van der Waals surface area contributed by atoms with Gasteiger partial charge in [-0.2, -0.15) is 0 Å². The number of para-hydroxylation sites is 1. The van der Waals surface area contributed by atoms with Crippen LogP contribution < -0.4 is 14.4 Å². The Bertz CT molecular complexity index is 1440. The molecule has 0 aromatic heterocycles. The maximum absolute atomic E-state index is 14.3. The van der Waals surface area contributed by atoms with Crippen molar-refractivity contribution in [2.45, 2.75) is 65.1 Å². The number of carbonyl (C=O) groups excluding carboxylic acids is 2. The Balaban J connectivity index is 2.11. The molecule has 0 unspecified atom stereocenters. The van der Waals surface area contributed by atoms with E-state index in [2.05, 4.69) is 5.32 Å². The predicted octanol–water partition coefficient (Wildman–Crippen LogP) is 5.14. The first kappa shape index (κ1) is 32.7. The van der Waals surface area contributed by atoms with Gasteiger partial charge in [0.1, 0.15) is 18.3 Å². The number of hydrogen-bond acceptors (Lipinski definition) is 5. The number of carbonyl (C=O) groups is 2. The topological polar surface area (TPSA) is 96.0 Å². The molecule has 0 aliphatic heterocycles. The normalized spacial score (nSPS) is 12.8. The van der Waals surface area contributed by atoms with E-state index in [1.165, 1.54) is 4.90 Å². The highest BCUT2D eigenvalue weighted by Crippen LogP contribution is 2.29. The molecule has 42 heavy (non-hydrogen) atoms. The number of rotatable bonds is 14. The predicted molar refractivity (Wildman–Crippen MR) is 168 cm³/mol. The lowest BCUT2D eigenvalue weighted by atomic mass is 10.0. The summed E-state index contributed by atoms with van der Waals surface area (Å²) in [6.45, 7) is 7.49. The zero-order valence-corrected chi connectivity index (χ0v) is 26.2. The van der Waals surface area contributed by atoms with Gasteiger partial charge in [0.2, 0.25) is 21.8 Å². The summed E-state index contributed by atoms with van der Waals surface area (Å²) in [4.78, 5) is 29.6. The molecule has 0 saturated heterocycles. The first-order chi connectivity index (χ1) is 19.9. The smallest absolute Gasteiger partial charge is 0.244 e. The molecule has 226 valence electrons. The number of sulfonamides is 1. The molecular formula is C33H43N3O5S. The Morgan fingerprint density at radius 2 is 1.55 bits per heavy atom. The number of nitrogens with one attached hydrogen (secondary N) is 1. The lowest BCUT2D eigenvalue weighted by Crippen LogP contribution is -2.54. The second-order valence-corrected chi connectivity index (χ2v) is 12.8. The van der Waals surface area contributed by atoms with E-state index < -0.39 is 28.5 Å². The van der Waals surface area contributed by atoms with Crippen molar-refractivity contribution in [3.63, 3.8) is 0 Å². The number of methoxy groups -OCH3 is 1. The fourth-order valence-electron chi connectivity index (χ4n) is 4.76. The molecule has 0 aliphatic rings. The van der Waals surface area contributed by atoms with Crippen molar-refractivity contribution in [1.82, 2.24) is 10.2 Å². The standard InChI is InChI=1S/C33H43N3O5S/c1-7-25(4)34-33(38)31(21-26-14-9-8-10-15-26)35(22-27-16-13-17-28(20-27)41-5)32(37)23-36(42(6,39)40)30-19-12-11-18-29(30)24(2)3/h8-20,24-25,31H,7,21-23H2,1-6H3,(H,34,38)/t25-,31-/m1/s1. The van der Waals surface area contributed by atoms with Crippen LogP contribution in [0.4, 0.5) is 5.69 Å². The van der Waals surface area contributed by atoms with E-state index >= 15 is 0 Å². The van der Waals surface area contributed by atoms with E-state index in [4.69, 9.17) is 4.74 Å². The molecule has 0 saturated carbocycles. The highest BCUT2D eigenvalue weighted by molar-refractivity contribution is 7.92. The molecule has 0 fully saturated rings. The summed E-state index contributed by atoms with van der Waals surface area (Å²) in [5.41, 5.74) is 2.90. The Labute approximate surface area is 250 Å². The summed E-state index contributed by atoms with van der Waals surface area (Å²) in [6.07, 6.45) is 2.09. The van der Waals surface area contributed by atoms with Crippen LogP contribution in [0.15, 0.2) is 78.9 Å². The Hall–Kier alpha value is -3.85. The van der Waals surface area contributed by atoms with Crippen LogP contribution in [0.5, 0.6) is 5.75 Å². The fraction of sp³-hybridized carbons (Fsp3) is 0.394. The van der Waals surface area contributed by atoms with Crippen LogP contribution >= 0.6 is 0 Å². The van der Waals surface area contributed by atoms with Crippen molar-refractivity contribution in [2.24, 2.45) is 0 Å². The van der Waals surface area contributed by atoms with Crippen LogP contribution in [0.2, 0.25) is 0 Å². The van der Waals surface area contributed by atoms with Gasteiger partial charge in [-0.3, -0.25) is 13.9 Å². The molecule has 0 aliphatic carbocycles. The summed E-state index contributed by atoms with van der Waals surface area (Å²) >= 11 is 0. The third-order valence-electron chi connectivity index (χ3n) is 7.27. The molecule has 3 aromatic carbocycles. The zero-order valence-electron chi connectivity index (χ0n) is 25.4. The second kappa shape index (κ2) is 14.9. The highest BCUT2D eigenvalue weighted by atomic mass is 32.2. The number of anilines is 1. The van der Waals surface area contributed by atoms with E-state index in [1.807, 2.05) is 88.4 Å². The van der Waals surface area contributed by atoms with Crippen molar-refractivity contribution in [3.8, 4) is 5.75 Å². The monoisotopic (exact) mass is 593 g/mol. The van der Waals surface area contributed by atoms with Gasteiger partial charge in [-0.05, 0) is 54.2 Å². The van der Waals surface area contributed by atoms with Gasteiger partial charge in [0.15, 0.2) is 0 Å². The lowest BCUT2D eigenvalue weighted by Gasteiger charge is -2.34. The molecule has 0 heterocycles. The molecule has 1 N–H and O–H groups in total. The van der Waals surface area contributed by atoms with Gasteiger partial charge < -0.3 is 15.0 Å². The average Bonchev–Trinajstić information content (AvgIpc) is 2.97. The minimum atomic E-state index is -3.85. The summed E-state index contributed by atoms with van der Waals surface area (Å²) in [5, 5.41) is 3.04. The number of amides is 2. The summed E-state index contributed by atoms with van der Waals surface area (Å²) < 4.78 is 32.8. The third kappa shape index (κ3) is 8.82. The van der Waals surface area contributed by atoms with Gasteiger partial charge >= 0.3 is 0 Å². The first-order valence-electron chi connectivity index (χ1n) is 14.3. The molecule has 8 nitrogen and oxygen atoms in total. The molecule has 0 radical (unpaired) electrons. The molecular weight excluding hydrogens is 550 g/mol. The quantitative estimate of drug-likeness (QED) is 0.279. The second-order valence-electron chi connectivity index (χ2n) is 10.9. The first-order valence-corrected chi connectivity index (χ1v) is 16.1. The number of nitrogens with zero attached hydrogens (tertiary/aromatic N) is 2. The molecule has 3 rings (SSSR count). The Kier molecular flexibility index (Phi) is 11.6. The number of ether oxygens (including phenoxy) is 1. The van der Waals surface area contributed by atoms with Gasteiger partial charge in [-0.15, -0.1) is 0 Å². The summed E-state index contributed by atoms with van der Waals surface area (Å²) in [5.74, 6) is -0.132. The molecule has 9 heteroatoms. The van der Waals surface area contributed by atoms with Crippen molar-refractivity contribution in [1.29, 1.82) is 0 Å². The van der Waals surface area contributed by atoms with Crippen LogP contribution in [-0.2, 0) is 32.6 Å². The maximum Gasteiger partial charge on any atom is 0.244 e. The van der Waals surface area contributed by atoms with Gasteiger partial charge in [0.25, 0.3) is 0 Å². The fourth-order valence-corrected chi connectivity index (χ4v) is 5.63. The lowest BCUT2D eigenvalue weighted by molar-refractivity contribution is -0.140. The molecule has 3 aromatic rings. The van der Waals surface area contributed by atoms with Crippen molar-refractivity contribution >= 4 is 27.5 Å². The van der Waals surface area contributed by atoms with Crippen LogP contribution in [0.1, 0.15) is 56.7 Å². The zero-order chi connectivity index (χ0) is 30.9. The van der Waals surface area contributed by atoms with Crippen molar-refractivity contribution < 1.29 is 22.7 Å². The van der Waals surface area contributed by atoms with E-state index in [1.54, 1.807) is 25.3 Å². The van der Waals surface area contributed by atoms with Gasteiger partial charge in [0, 0.05) is 19.0 Å². The van der Waals surface area contributed by atoms with Gasteiger partial charge in [-0.25, -0.2) is 8.42 Å². The Morgan fingerprint density at radius 1 is 0.905 bits per heavy atom. The van der Waals surface area contributed by atoms with Crippen LogP contribution in [0.25, 0.3) is 0 Å². The van der Waals surface area contributed by atoms with Gasteiger partial charge in [0.05, 0.1) is 19.1 Å². The van der Waals surface area contributed by atoms with Crippen LogP contribution in [0, 0.1) is 0 Å². The maximum atomic E-state index is 14.3. The Morgan fingerprint density at radius 3 is 2.17 bits per heavy atom. The number of hydrogen-bond donors (Lipinski definition) is 1. The minimum Gasteiger partial charge on any atom is -0.497 e. The summed E-state index contributed by atoms with van der Waals surface area (Å²) in [7, 11) is -2.28. The molecule has 2 atom stereocenters. The summed E-state index contributed by atoms with van der Waals surface area (Å²) in [6, 6.07) is 23.0. The van der Waals surface area contributed by atoms with Crippen LogP contribution in [0.3, 0.4) is 0 Å². The number of benzene rings is 3. The molecule has 0 bridgehead atoms. The average molecular weight is 594 g/mol. The van der Waals surface area contributed by atoms with E-state index in [9.17, 15) is 18.0 Å². The van der Waals surface area contributed by atoms with Crippen molar-refractivity contribution in [3.05, 3.63) is 95.6 Å². The third-order valence-corrected chi connectivity index (χ3v) is 8.39. The van der Waals surface area contributed by atoms with Gasteiger partial charge in [-0.1, -0.05) is 81.4 Å². The molecule has 0 spiro atoms. The van der Waals surface area contributed by atoms with E-state index in [0.29, 0.717) is 11.4 Å². The largest absolute Gasteiger partial charge is 0.497 e. The highest BCUT2D eigenvalue weighted by Gasteiger charge is 2.34. The van der Waals surface area contributed by atoms with Crippen LogP contribution in [-0.4, -0.2) is 57.1 Å².